The fourth-order valence-corrected chi connectivity index (χ4v) is 8.59. The number of fused-ring (bicyclic) bond motifs is 1. The molecule has 328 valence electrons. The van der Waals surface area contributed by atoms with Crippen LogP contribution in [0, 0.1) is 23.7 Å². The molecule has 0 spiro atoms. The summed E-state index contributed by atoms with van der Waals surface area (Å²) in [6, 6.07) is -4.74. The van der Waals surface area contributed by atoms with E-state index in [-0.39, 0.29) is 30.7 Å². The second kappa shape index (κ2) is 18.4. The number of nitrogens with one attached hydrogen (secondary N) is 4. The van der Waals surface area contributed by atoms with Crippen molar-refractivity contribution in [1.29, 1.82) is 0 Å². The van der Waals surface area contributed by atoms with E-state index >= 15 is 0 Å². The van der Waals surface area contributed by atoms with Crippen molar-refractivity contribution in [3.05, 3.63) is 24.3 Å². The number of nitrogens with zero attached hydrogens (tertiary/aromatic N) is 2. The smallest absolute Gasteiger partial charge is 0.427 e. The molecule has 2 heterocycles. The number of halogens is 3. The van der Waals surface area contributed by atoms with Crippen LogP contribution in [0.15, 0.2) is 24.3 Å². The number of carbonyl (C=O) groups is 7. The molecule has 5 rings (SSSR count). The molecule has 2 saturated carbocycles. The number of amides is 6. The van der Waals surface area contributed by atoms with Gasteiger partial charge in [-0.1, -0.05) is 56.4 Å². The first-order chi connectivity index (χ1) is 27.6. The number of ketones is 1. The average molecular weight is 837 g/mol. The predicted octanol–water partition coefficient (Wildman–Crippen LogP) is 3.07. The highest BCUT2D eigenvalue weighted by Crippen LogP contribution is 2.44. The van der Waals surface area contributed by atoms with Crippen molar-refractivity contribution in [1.82, 2.24) is 31.1 Å². The summed E-state index contributed by atoms with van der Waals surface area (Å²) in [5, 5.41) is 10.1. The van der Waals surface area contributed by atoms with Crippen molar-refractivity contribution in [2.45, 2.75) is 140 Å². The van der Waals surface area contributed by atoms with E-state index < -0.39 is 102 Å². The molecule has 0 aromatic rings. The highest BCUT2D eigenvalue weighted by molar-refractivity contribution is 6.38. The van der Waals surface area contributed by atoms with Gasteiger partial charge in [0, 0.05) is 32.5 Å². The van der Waals surface area contributed by atoms with Crippen LogP contribution < -0.4 is 21.3 Å². The van der Waals surface area contributed by atoms with Crippen LogP contribution in [0.5, 0.6) is 0 Å². The first-order valence-electron chi connectivity index (χ1n) is 20.6. The number of likely N-dealkylation sites (N-methyl/N-ethyl adjacent to an activating group) is 1. The van der Waals surface area contributed by atoms with Crippen LogP contribution in [0.3, 0.4) is 0 Å². The quantitative estimate of drug-likeness (QED) is 0.180. The molecule has 0 aromatic carbocycles. The molecular formula is C41H59F3N6O9. The molecule has 5 aliphatic rings. The Bertz CT molecular complexity index is 1690. The fourth-order valence-electron chi connectivity index (χ4n) is 8.59. The number of hydrogen-bond acceptors (Lipinski definition) is 9. The zero-order chi connectivity index (χ0) is 43.4. The molecule has 2 saturated heterocycles. The lowest BCUT2D eigenvalue weighted by Gasteiger charge is -2.36. The fraction of sp³-hybridized carbons (Fsp3) is 0.732. The van der Waals surface area contributed by atoms with E-state index in [1.807, 2.05) is 26.0 Å². The van der Waals surface area contributed by atoms with Crippen LogP contribution in [0.4, 0.5) is 18.0 Å². The number of allylic oxidation sites excluding steroid dienone is 3. The topological polar surface area (TPSA) is 193 Å². The zero-order valence-electron chi connectivity index (χ0n) is 34.7. The van der Waals surface area contributed by atoms with Crippen molar-refractivity contribution in [2.75, 3.05) is 27.2 Å². The summed E-state index contributed by atoms with van der Waals surface area (Å²) in [5.41, 5.74) is -3.51. The minimum atomic E-state index is -4.88. The Morgan fingerprint density at radius 3 is 2.20 bits per heavy atom. The van der Waals surface area contributed by atoms with Gasteiger partial charge in [-0.25, -0.2) is 4.79 Å². The molecule has 0 radical (unpaired) electrons. The number of ether oxygens (including phenoxy) is 2. The van der Waals surface area contributed by atoms with Gasteiger partial charge in [-0.2, -0.15) is 13.2 Å². The van der Waals surface area contributed by atoms with E-state index in [1.165, 1.54) is 9.80 Å². The highest BCUT2D eigenvalue weighted by atomic mass is 19.4. The predicted molar refractivity (Wildman–Crippen MR) is 207 cm³/mol. The molecule has 3 aliphatic carbocycles. The largest absolute Gasteiger partial charge is 0.434 e. The molecular weight excluding hydrogens is 777 g/mol. The third-order valence-corrected chi connectivity index (χ3v) is 12.0. The molecule has 4 fully saturated rings. The molecule has 7 atom stereocenters. The zero-order valence-corrected chi connectivity index (χ0v) is 34.7. The summed E-state index contributed by atoms with van der Waals surface area (Å²) >= 11 is 0. The minimum Gasteiger partial charge on any atom is -0.434 e. The van der Waals surface area contributed by atoms with Crippen molar-refractivity contribution < 1.29 is 56.2 Å². The number of rotatable bonds is 15. The van der Waals surface area contributed by atoms with Crippen LogP contribution in [0.1, 0.15) is 91.9 Å². The monoisotopic (exact) mass is 836 g/mol. The van der Waals surface area contributed by atoms with Crippen LogP contribution in [-0.2, 0) is 38.2 Å². The summed E-state index contributed by atoms with van der Waals surface area (Å²) in [5.74, 6) is -5.83. The summed E-state index contributed by atoms with van der Waals surface area (Å²) < 4.78 is 51.9. The molecule has 18 heteroatoms. The number of alkyl carbamates (subject to hydrolysis) is 1. The van der Waals surface area contributed by atoms with Crippen molar-refractivity contribution in [2.24, 2.45) is 23.7 Å². The Labute approximate surface area is 343 Å². The summed E-state index contributed by atoms with van der Waals surface area (Å²) in [6.07, 6.45) is 6.25. The first kappa shape index (κ1) is 45.6. The van der Waals surface area contributed by atoms with Crippen molar-refractivity contribution in [3.63, 3.8) is 0 Å². The number of hydrogen-bond donors (Lipinski definition) is 4. The van der Waals surface area contributed by atoms with Gasteiger partial charge in [0.2, 0.25) is 35.0 Å². The molecule has 2 unspecified atom stereocenters. The van der Waals surface area contributed by atoms with Gasteiger partial charge in [-0.15, -0.1) is 0 Å². The van der Waals surface area contributed by atoms with E-state index in [0.717, 1.165) is 32.1 Å². The van der Waals surface area contributed by atoms with E-state index in [0.29, 0.717) is 39.5 Å². The van der Waals surface area contributed by atoms with Gasteiger partial charge in [0.05, 0.1) is 24.3 Å². The van der Waals surface area contributed by atoms with Gasteiger partial charge in [-0.3, -0.25) is 28.8 Å². The first-order valence-corrected chi connectivity index (χ1v) is 20.6. The summed E-state index contributed by atoms with van der Waals surface area (Å²) in [7, 11) is 3.12. The highest BCUT2D eigenvalue weighted by Gasteiger charge is 2.57. The molecule has 4 N–H and O–H groups in total. The van der Waals surface area contributed by atoms with Crippen molar-refractivity contribution >= 4 is 41.4 Å². The number of Topliss-reactive ketones (excluding diaryl/α,β-unsaturated/α-hetero) is 1. The maximum Gasteiger partial charge on any atom is 0.427 e. The van der Waals surface area contributed by atoms with E-state index in [4.69, 9.17) is 9.47 Å². The van der Waals surface area contributed by atoms with Crippen LogP contribution in [0.25, 0.3) is 0 Å². The third kappa shape index (κ3) is 11.4. The SMILES string of the molecule is CN(C)C(=O)[C@@H](NC(=O)CNC(=O)C(=O)C(CC1CC1)NC(=O)[C@@H]1[C@H]2CC(C)(C)O[C@H]2CN1C(=O)[C@@H](NC(=O)OC(C)(C)C(F)(F)F)C1CCCCC1)C1C=CC=CC1. The van der Waals surface area contributed by atoms with Gasteiger partial charge in [0.25, 0.3) is 5.91 Å². The Morgan fingerprint density at radius 2 is 1.61 bits per heavy atom. The standard InChI is InChI=1S/C41H59F3N6O9/c1-39(2)20-26-28(58-39)22-50(37(56)31(25-15-11-8-12-16-25)48-38(57)59-40(3,4)41(42,43)44)32(26)34(53)46-27(19-23-17-18-23)33(52)35(54)45-21-29(51)47-30(36(55)49(5)6)24-13-9-7-10-14-24/h7,9-10,13,23-28,30-32H,8,11-12,14-22H2,1-6H3,(H,45,54)(H,46,53)(H,47,51)(H,48,57)/t24?,26-,27?,28-,30-,31-,32-/m0/s1. The average Bonchev–Trinajstić information content (AvgIpc) is 3.85. The Kier molecular flexibility index (Phi) is 14.2. The molecule has 0 bridgehead atoms. The van der Waals surface area contributed by atoms with Crippen LogP contribution in [0.2, 0.25) is 0 Å². The molecule has 6 amide bonds. The number of carbonyl (C=O) groups excluding carboxylic acids is 7. The lowest BCUT2D eigenvalue weighted by molar-refractivity contribution is -0.244. The molecule has 15 nitrogen and oxygen atoms in total. The van der Waals surface area contributed by atoms with E-state index in [2.05, 4.69) is 21.3 Å². The van der Waals surface area contributed by atoms with Gasteiger partial charge < -0.3 is 40.5 Å². The van der Waals surface area contributed by atoms with Gasteiger partial charge >= 0.3 is 12.3 Å². The summed E-state index contributed by atoms with van der Waals surface area (Å²) in [4.78, 5) is 97.6. The van der Waals surface area contributed by atoms with Crippen molar-refractivity contribution in [3.8, 4) is 0 Å². The number of likely N-dealkylation sites (tertiary alicyclic amines) is 1. The van der Waals surface area contributed by atoms with Gasteiger partial charge in [0.15, 0.2) is 0 Å². The maximum atomic E-state index is 14.6. The van der Waals surface area contributed by atoms with Gasteiger partial charge in [0.1, 0.15) is 18.1 Å². The Balaban J connectivity index is 1.31. The lowest BCUT2D eigenvalue weighted by Crippen LogP contribution is -2.60. The van der Waals surface area contributed by atoms with E-state index in [1.54, 1.807) is 26.2 Å². The van der Waals surface area contributed by atoms with Gasteiger partial charge in [-0.05, 0) is 71.6 Å². The van der Waals surface area contributed by atoms with E-state index in [9.17, 15) is 46.7 Å². The third-order valence-electron chi connectivity index (χ3n) is 12.0. The minimum absolute atomic E-state index is 0.0467. The number of alkyl halides is 3. The van der Waals surface area contributed by atoms with Crippen LogP contribution >= 0.6 is 0 Å². The molecule has 59 heavy (non-hydrogen) atoms. The molecule has 2 aliphatic heterocycles. The second-order valence-electron chi connectivity index (χ2n) is 17.9. The second-order valence-corrected chi connectivity index (χ2v) is 17.9. The maximum absolute atomic E-state index is 14.6. The normalized spacial score (nSPS) is 25.5. The van der Waals surface area contributed by atoms with Crippen LogP contribution in [-0.4, -0.2) is 126 Å². The Morgan fingerprint density at radius 1 is 0.932 bits per heavy atom. The summed E-state index contributed by atoms with van der Waals surface area (Å²) in [6.45, 7) is 4.43. The Hall–Kier alpha value is -4.48. The lowest BCUT2D eigenvalue weighted by atomic mass is 9.83. The molecule has 0 aromatic heterocycles.